The van der Waals surface area contributed by atoms with Gasteiger partial charge >= 0.3 is 0 Å². The van der Waals surface area contributed by atoms with Crippen LogP contribution in [0.15, 0.2) is 40.2 Å². The summed E-state index contributed by atoms with van der Waals surface area (Å²) in [6, 6.07) is 10.3. The van der Waals surface area contributed by atoms with Gasteiger partial charge in [-0.05, 0) is 105 Å². The van der Waals surface area contributed by atoms with E-state index in [0.29, 0.717) is 21.0 Å². The third-order valence-corrected chi connectivity index (χ3v) is 7.92. The Morgan fingerprint density at radius 1 is 1.30 bits per heavy atom. The van der Waals surface area contributed by atoms with E-state index in [1.54, 1.807) is 0 Å². The highest BCUT2D eigenvalue weighted by Gasteiger charge is 2.36. The van der Waals surface area contributed by atoms with Crippen LogP contribution in [0.2, 0.25) is 5.02 Å². The Morgan fingerprint density at radius 2 is 2.06 bits per heavy atom. The zero-order valence-electron chi connectivity index (χ0n) is 20.3. The van der Waals surface area contributed by atoms with Gasteiger partial charge in [0.05, 0.1) is 10.6 Å². The minimum absolute atomic E-state index is 0.0895. The molecule has 0 spiro atoms. The molecule has 0 bridgehead atoms. The molecule has 2 heterocycles. The van der Waals surface area contributed by atoms with E-state index in [1.807, 2.05) is 25.1 Å². The Bertz CT molecular complexity index is 1170. The van der Waals surface area contributed by atoms with Gasteiger partial charge in [0, 0.05) is 22.8 Å². The third-order valence-electron chi connectivity index (χ3n) is 6.69. The van der Waals surface area contributed by atoms with Crippen molar-refractivity contribution in [1.82, 2.24) is 5.32 Å². The lowest BCUT2D eigenvalue weighted by Crippen LogP contribution is -2.48. The fraction of sp³-hybridized carbons (Fsp3) is 0.407. The average Bonchev–Trinajstić information content (AvgIpc) is 3.08. The molecule has 0 radical (unpaired) electrons. The number of nitrogens with one attached hydrogen (secondary N) is 1. The first-order valence-electron chi connectivity index (χ1n) is 11.6. The maximum atomic E-state index is 12.7. The Labute approximate surface area is 206 Å². The smallest absolute Gasteiger partial charge is 0.264 e. The molecule has 174 valence electrons. The van der Waals surface area contributed by atoms with Crippen molar-refractivity contribution in [3.05, 3.63) is 62.5 Å². The molecule has 33 heavy (non-hydrogen) atoms. The van der Waals surface area contributed by atoms with Crippen LogP contribution in [0.25, 0.3) is 6.08 Å². The summed E-state index contributed by atoms with van der Waals surface area (Å²) in [7, 11) is 0. The van der Waals surface area contributed by atoms with E-state index in [0.717, 1.165) is 36.2 Å². The first-order chi connectivity index (χ1) is 15.6. The number of amidine groups is 1. The molecule has 2 aliphatic heterocycles. The van der Waals surface area contributed by atoms with Gasteiger partial charge < -0.3 is 10.2 Å². The van der Waals surface area contributed by atoms with Crippen molar-refractivity contribution in [2.24, 2.45) is 4.99 Å². The summed E-state index contributed by atoms with van der Waals surface area (Å²) >= 11 is 8.12. The Balaban J connectivity index is 1.67. The van der Waals surface area contributed by atoms with Gasteiger partial charge in [-0.15, -0.1) is 0 Å². The third kappa shape index (κ3) is 4.71. The molecule has 1 amide bonds. The zero-order chi connectivity index (χ0) is 23.9. The summed E-state index contributed by atoms with van der Waals surface area (Å²) in [5.41, 5.74) is 6.65. The molecule has 4 nitrogen and oxygen atoms in total. The minimum atomic E-state index is -0.139. The molecule has 6 heteroatoms. The van der Waals surface area contributed by atoms with Gasteiger partial charge in [-0.1, -0.05) is 37.6 Å². The minimum Gasteiger partial charge on any atom is -0.366 e. The second kappa shape index (κ2) is 9.19. The van der Waals surface area contributed by atoms with Crippen molar-refractivity contribution in [3.8, 4) is 0 Å². The SMILES string of the molecule is CCCN1c2cc(Cl)c(/C=C3/SC(=Nc4cccc(C)c4C)NC3=O)cc2C(C)CC1(C)C. The van der Waals surface area contributed by atoms with Crippen LogP contribution in [0, 0.1) is 13.8 Å². The van der Waals surface area contributed by atoms with E-state index in [1.165, 1.54) is 28.6 Å². The van der Waals surface area contributed by atoms with Gasteiger partial charge in [0.1, 0.15) is 0 Å². The molecule has 1 N–H and O–H groups in total. The largest absolute Gasteiger partial charge is 0.366 e. The quantitative estimate of drug-likeness (QED) is 0.464. The number of thioether (sulfide) groups is 1. The number of carbonyl (C=O) groups excluding carboxylic acids is 1. The Kier molecular flexibility index (Phi) is 6.66. The van der Waals surface area contributed by atoms with Gasteiger partial charge in [-0.3, -0.25) is 4.79 Å². The molecule has 1 unspecified atom stereocenters. The number of aliphatic imine (C=N–C) groups is 1. The summed E-state index contributed by atoms with van der Waals surface area (Å²) < 4.78 is 0. The molecule has 2 aliphatic rings. The lowest BCUT2D eigenvalue weighted by atomic mass is 9.79. The van der Waals surface area contributed by atoms with E-state index >= 15 is 0 Å². The van der Waals surface area contributed by atoms with E-state index < -0.39 is 0 Å². The van der Waals surface area contributed by atoms with Gasteiger partial charge in [-0.2, -0.15) is 0 Å². The predicted octanol–water partition coefficient (Wildman–Crippen LogP) is 7.35. The van der Waals surface area contributed by atoms with Crippen molar-refractivity contribution < 1.29 is 4.79 Å². The van der Waals surface area contributed by atoms with Crippen molar-refractivity contribution in [2.45, 2.75) is 65.8 Å². The highest BCUT2D eigenvalue weighted by Crippen LogP contribution is 2.46. The van der Waals surface area contributed by atoms with Crippen LogP contribution in [0.5, 0.6) is 0 Å². The molecule has 1 fully saturated rings. The average molecular weight is 482 g/mol. The number of halogens is 1. The van der Waals surface area contributed by atoms with Gasteiger partial charge in [0.2, 0.25) is 0 Å². The Morgan fingerprint density at radius 3 is 2.79 bits per heavy atom. The van der Waals surface area contributed by atoms with Crippen molar-refractivity contribution in [3.63, 3.8) is 0 Å². The summed E-state index contributed by atoms with van der Waals surface area (Å²) in [4.78, 5) is 20.5. The number of hydrogen-bond acceptors (Lipinski definition) is 4. The molecular weight excluding hydrogens is 450 g/mol. The van der Waals surface area contributed by atoms with Crippen LogP contribution < -0.4 is 10.2 Å². The zero-order valence-corrected chi connectivity index (χ0v) is 21.8. The molecule has 2 aromatic rings. The fourth-order valence-corrected chi connectivity index (χ4v) is 5.90. The van der Waals surface area contributed by atoms with E-state index in [4.69, 9.17) is 11.6 Å². The van der Waals surface area contributed by atoms with Crippen LogP contribution in [0.3, 0.4) is 0 Å². The second-order valence-corrected chi connectivity index (χ2v) is 11.1. The van der Waals surface area contributed by atoms with Crippen molar-refractivity contribution >= 4 is 51.9 Å². The molecule has 0 aromatic heterocycles. The molecule has 1 atom stereocenters. The molecule has 0 saturated carbocycles. The monoisotopic (exact) mass is 481 g/mol. The molecule has 0 aliphatic carbocycles. The number of aryl methyl sites for hydroxylation is 1. The van der Waals surface area contributed by atoms with Crippen LogP contribution >= 0.6 is 23.4 Å². The number of anilines is 1. The van der Waals surface area contributed by atoms with E-state index in [9.17, 15) is 4.79 Å². The topological polar surface area (TPSA) is 44.7 Å². The lowest BCUT2D eigenvalue weighted by molar-refractivity contribution is -0.115. The summed E-state index contributed by atoms with van der Waals surface area (Å²) in [5.74, 6) is 0.281. The molecule has 4 rings (SSSR count). The lowest BCUT2D eigenvalue weighted by Gasteiger charge is -2.47. The van der Waals surface area contributed by atoms with E-state index in [2.05, 4.69) is 68.0 Å². The van der Waals surface area contributed by atoms with Crippen LogP contribution in [0.1, 0.15) is 68.7 Å². The highest BCUT2D eigenvalue weighted by molar-refractivity contribution is 8.18. The fourth-order valence-electron chi connectivity index (χ4n) is 4.87. The van der Waals surface area contributed by atoms with Gasteiger partial charge in [-0.25, -0.2) is 4.99 Å². The summed E-state index contributed by atoms with van der Waals surface area (Å²) in [5, 5.41) is 4.16. The maximum Gasteiger partial charge on any atom is 0.264 e. The molecule has 1 saturated heterocycles. The number of rotatable bonds is 4. The van der Waals surface area contributed by atoms with Gasteiger partial charge in [0.25, 0.3) is 5.91 Å². The highest BCUT2D eigenvalue weighted by atomic mass is 35.5. The van der Waals surface area contributed by atoms with Crippen molar-refractivity contribution in [1.29, 1.82) is 0 Å². The van der Waals surface area contributed by atoms with Crippen LogP contribution in [0.4, 0.5) is 11.4 Å². The second-order valence-electron chi connectivity index (χ2n) is 9.70. The number of hydrogen-bond donors (Lipinski definition) is 1. The van der Waals surface area contributed by atoms with Gasteiger partial charge in [0.15, 0.2) is 5.17 Å². The van der Waals surface area contributed by atoms with Crippen molar-refractivity contribution in [2.75, 3.05) is 11.4 Å². The Hall–Kier alpha value is -2.24. The molecular formula is C27H32ClN3OS. The normalized spacial score (nSPS) is 22.1. The number of amides is 1. The van der Waals surface area contributed by atoms with E-state index in [-0.39, 0.29) is 11.4 Å². The summed E-state index contributed by atoms with van der Waals surface area (Å²) in [6.45, 7) is 14.2. The predicted molar refractivity (Wildman–Crippen MR) is 143 cm³/mol. The number of carbonyl (C=O) groups is 1. The number of nitrogens with zero attached hydrogens (tertiary/aromatic N) is 2. The first-order valence-corrected chi connectivity index (χ1v) is 12.8. The molecule has 2 aromatic carbocycles. The maximum absolute atomic E-state index is 12.7. The number of fused-ring (bicyclic) bond motifs is 1. The number of benzene rings is 2. The van der Waals surface area contributed by atoms with Crippen LogP contribution in [-0.4, -0.2) is 23.2 Å². The first kappa shape index (κ1) is 23.9. The summed E-state index contributed by atoms with van der Waals surface area (Å²) in [6.07, 6.45) is 4.06. The van der Waals surface area contributed by atoms with Crippen LogP contribution in [-0.2, 0) is 4.79 Å². The standard InChI is InChI=1S/C27H32ClN3OS/c1-7-11-31-23-14-21(28)19(12-20(23)17(3)15-27(31,5)6)13-24-25(32)30-26(33-24)29-22-10-8-9-16(2)18(22)4/h8-10,12-14,17H,7,11,15H2,1-6H3,(H,29,30,32)/b24-13+.